The van der Waals surface area contributed by atoms with Crippen molar-refractivity contribution in [3.05, 3.63) is 35.9 Å². The summed E-state index contributed by atoms with van der Waals surface area (Å²) in [5, 5.41) is 13.4. The topological polar surface area (TPSA) is 69.4 Å². The van der Waals surface area contributed by atoms with Gasteiger partial charge in [-0.1, -0.05) is 0 Å². The van der Waals surface area contributed by atoms with Crippen LogP contribution in [0, 0.1) is 0 Å². The van der Waals surface area contributed by atoms with Crippen molar-refractivity contribution in [2.75, 3.05) is 7.11 Å². The Morgan fingerprint density at radius 2 is 2.21 bits per heavy atom. The third kappa shape index (κ3) is 3.03. The number of benzene rings is 1. The SMILES string of the molecule is CCn1ncnc1COc1cc(OC)ccc1CO. The molecule has 102 valence electrons. The normalized spacial score (nSPS) is 10.5. The van der Waals surface area contributed by atoms with Crippen molar-refractivity contribution in [3.8, 4) is 11.5 Å². The average molecular weight is 263 g/mol. The first-order valence-corrected chi connectivity index (χ1v) is 6.05. The number of aliphatic hydroxyl groups excluding tert-OH is 1. The number of aliphatic hydroxyl groups is 1. The van der Waals surface area contributed by atoms with Crippen molar-refractivity contribution in [2.45, 2.75) is 26.7 Å². The number of hydrogen-bond donors (Lipinski definition) is 1. The summed E-state index contributed by atoms with van der Waals surface area (Å²) in [6, 6.07) is 5.31. The summed E-state index contributed by atoms with van der Waals surface area (Å²) in [5.41, 5.74) is 0.711. The first-order chi connectivity index (χ1) is 9.28. The number of rotatable bonds is 6. The number of ether oxygens (including phenoxy) is 2. The first-order valence-electron chi connectivity index (χ1n) is 6.05. The molecule has 0 saturated carbocycles. The fourth-order valence-corrected chi connectivity index (χ4v) is 1.73. The molecular weight excluding hydrogens is 246 g/mol. The van der Waals surface area contributed by atoms with Crippen LogP contribution in [0.25, 0.3) is 0 Å². The third-order valence-corrected chi connectivity index (χ3v) is 2.80. The van der Waals surface area contributed by atoms with Gasteiger partial charge in [0.15, 0.2) is 5.82 Å². The highest BCUT2D eigenvalue weighted by atomic mass is 16.5. The minimum atomic E-state index is -0.0835. The largest absolute Gasteiger partial charge is 0.497 e. The molecule has 1 aromatic carbocycles. The molecule has 19 heavy (non-hydrogen) atoms. The summed E-state index contributed by atoms with van der Waals surface area (Å²) in [6.45, 7) is 2.94. The molecule has 0 amide bonds. The molecule has 0 aliphatic rings. The van der Waals surface area contributed by atoms with Gasteiger partial charge in [-0.25, -0.2) is 9.67 Å². The van der Waals surface area contributed by atoms with E-state index in [9.17, 15) is 5.11 Å². The Morgan fingerprint density at radius 3 is 2.89 bits per heavy atom. The maximum Gasteiger partial charge on any atom is 0.164 e. The van der Waals surface area contributed by atoms with E-state index >= 15 is 0 Å². The predicted octanol–water partition coefficient (Wildman–Crippen LogP) is 1.38. The maximum absolute atomic E-state index is 9.29. The Bertz CT molecular complexity index is 540. The van der Waals surface area contributed by atoms with Crippen molar-refractivity contribution in [2.24, 2.45) is 0 Å². The summed E-state index contributed by atoms with van der Waals surface area (Å²) < 4.78 is 12.6. The van der Waals surface area contributed by atoms with Gasteiger partial charge in [0.25, 0.3) is 0 Å². The fourth-order valence-electron chi connectivity index (χ4n) is 1.73. The highest BCUT2D eigenvalue weighted by molar-refractivity contribution is 5.40. The molecule has 2 aromatic rings. The standard InChI is InChI=1S/C13H17N3O3/c1-3-16-13(14-9-15-16)8-19-12-6-11(18-2)5-4-10(12)7-17/h4-6,9,17H,3,7-8H2,1-2H3. The van der Waals surface area contributed by atoms with E-state index in [0.717, 1.165) is 12.4 Å². The van der Waals surface area contributed by atoms with Crippen LogP contribution in [0.4, 0.5) is 0 Å². The highest BCUT2D eigenvalue weighted by Crippen LogP contribution is 2.25. The lowest BCUT2D eigenvalue weighted by atomic mass is 10.2. The van der Waals surface area contributed by atoms with Crippen molar-refractivity contribution in [1.82, 2.24) is 14.8 Å². The number of aryl methyl sites for hydroxylation is 1. The Balaban J connectivity index is 2.14. The molecule has 6 nitrogen and oxygen atoms in total. The molecule has 6 heteroatoms. The van der Waals surface area contributed by atoms with Crippen LogP contribution in [0.2, 0.25) is 0 Å². The van der Waals surface area contributed by atoms with E-state index in [0.29, 0.717) is 23.7 Å². The van der Waals surface area contributed by atoms with E-state index in [1.807, 2.05) is 6.92 Å². The fraction of sp³-hybridized carbons (Fsp3) is 0.385. The van der Waals surface area contributed by atoms with Crippen LogP contribution in [0.3, 0.4) is 0 Å². The van der Waals surface area contributed by atoms with Gasteiger partial charge in [0.2, 0.25) is 0 Å². The van der Waals surface area contributed by atoms with Crippen molar-refractivity contribution in [1.29, 1.82) is 0 Å². The predicted molar refractivity (Wildman–Crippen MR) is 68.9 cm³/mol. The minimum Gasteiger partial charge on any atom is -0.497 e. The van der Waals surface area contributed by atoms with Gasteiger partial charge in [0.05, 0.1) is 13.7 Å². The van der Waals surface area contributed by atoms with Crippen LogP contribution in [-0.2, 0) is 19.8 Å². The van der Waals surface area contributed by atoms with Gasteiger partial charge in [0, 0.05) is 18.2 Å². The monoisotopic (exact) mass is 263 g/mol. The number of nitrogens with zero attached hydrogens (tertiary/aromatic N) is 3. The molecule has 0 bridgehead atoms. The molecule has 0 aliphatic carbocycles. The van der Waals surface area contributed by atoms with Gasteiger partial charge in [-0.3, -0.25) is 0 Å². The van der Waals surface area contributed by atoms with Crippen LogP contribution in [-0.4, -0.2) is 27.0 Å². The molecule has 0 unspecified atom stereocenters. The summed E-state index contributed by atoms with van der Waals surface area (Å²) >= 11 is 0. The van der Waals surface area contributed by atoms with Gasteiger partial charge in [-0.05, 0) is 19.1 Å². The Morgan fingerprint density at radius 1 is 1.37 bits per heavy atom. The lowest BCUT2D eigenvalue weighted by Gasteiger charge is -2.11. The van der Waals surface area contributed by atoms with Crippen molar-refractivity contribution in [3.63, 3.8) is 0 Å². The zero-order valence-corrected chi connectivity index (χ0v) is 11.0. The molecule has 0 atom stereocenters. The molecule has 1 N–H and O–H groups in total. The lowest BCUT2D eigenvalue weighted by Crippen LogP contribution is -2.08. The quantitative estimate of drug-likeness (QED) is 0.852. The van der Waals surface area contributed by atoms with Crippen LogP contribution in [0.1, 0.15) is 18.3 Å². The average Bonchev–Trinajstić information content (AvgIpc) is 2.92. The maximum atomic E-state index is 9.29. The highest BCUT2D eigenvalue weighted by Gasteiger charge is 2.08. The second-order valence-corrected chi connectivity index (χ2v) is 3.91. The van der Waals surface area contributed by atoms with Crippen LogP contribution < -0.4 is 9.47 Å². The van der Waals surface area contributed by atoms with Gasteiger partial charge in [-0.2, -0.15) is 5.10 Å². The smallest absolute Gasteiger partial charge is 0.164 e. The molecule has 0 spiro atoms. The van der Waals surface area contributed by atoms with Crippen molar-refractivity contribution < 1.29 is 14.6 Å². The summed E-state index contributed by atoms with van der Waals surface area (Å²) in [4.78, 5) is 4.13. The summed E-state index contributed by atoms with van der Waals surface area (Å²) in [7, 11) is 1.59. The molecule has 1 aromatic heterocycles. The van der Waals surface area contributed by atoms with E-state index < -0.39 is 0 Å². The third-order valence-electron chi connectivity index (χ3n) is 2.80. The van der Waals surface area contributed by atoms with Gasteiger partial charge in [-0.15, -0.1) is 0 Å². The minimum absolute atomic E-state index is 0.0835. The second kappa shape index (κ2) is 6.19. The van der Waals surface area contributed by atoms with Crippen molar-refractivity contribution >= 4 is 0 Å². The number of aromatic nitrogens is 3. The zero-order chi connectivity index (χ0) is 13.7. The molecule has 1 heterocycles. The summed E-state index contributed by atoms with van der Waals surface area (Å²) in [5.74, 6) is 2.02. The van der Waals surface area contributed by atoms with E-state index in [1.54, 1.807) is 30.0 Å². The van der Waals surface area contributed by atoms with Gasteiger partial charge >= 0.3 is 0 Å². The molecule has 0 radical (unpaired) electrons. The van der Waals surface area contributed by atoms with Gasteiger partial charge < -0.3 is 14.6 Å². The van der Waals surface area contributed by atoms with Crippen LogP contribution in [0.15, 0.2) is 24.5 Å². The lowest BCUT2D eigenvalue weighted by molar-refractivity contribution is 0.251. The number of hydrogen-bond acceptors (Lipinski definition) is 5. The van der Waals surface area contributed by atoms with E-state index in [-0.39, 0.29) is 6.61 Å². The molecule has 0 saturated heterocycles. The second-order valence-electron chi connectivity index (χ2n) is 3.91. The zero-order valence-electron chi connectivity index (χ0n) is 11.0. The Hall–Kier alpha value is -2.08. The van der Waals surface area contributed by atoms with Crippen LogP contribution in [0.5, 0.6) is 11.5 Å². The van der Waals surface area contributed by atoms with E-state index in [2.05, 4.69) is 10.1 Å². The van der Waals surface area contributed by atoms with E-state index in [4.69, 9.17) is 9.47 Å². The number of methoxy groups -OCH3 is 1. The summed E-state index contributed by atoms with van der Waals surface area (Å²) in [6.07, 6.45) is 1.50. The van der Waals surface area contributed by atoms with Crippen LogP contribution >= 0.6 is 0 Å². The molecule has 0 aliphatic heterocycles. The molecule has 0 fully saturated rings. The Labute approximate surface area is 111 Å². The molecule has 2 rings (SSSR count). The first kappa shape index (κ1) is 13.4. The molecular formula is C13H17N3O3. The Kier molecular flexibility index (Phi) is 4.35. The van der Waals surface area contributed by atoms with E-state index in [1.165, 1.54) is 6.33 Å². The van der Waals surface area contributed by atoms with Gasteiger partial charge in [0.1, 0.15) is 24.4 Å².